The molecule has 1 aliphatic rings. The largest absolute Gasteiger partial charge is 0.467 e. The van der Waals surface area contributed by atoms with Gasteiger partial charge in [-0.2, -0.15) is 0 Å². The fourth-order valence-corrected chi connectivity index (χ4v) is 2.33. The monoisotopic (exact) mass is 327 g/mol. The lowest BCUT2D eigenvalue weighted by atomic mass is 10.0. The molecule has 6 nitrogen and oxygen atoms in total. The maximum absolute atomic E-state index is 12.3. The van der Waals surface area contributed by atoms with Crippen LogP contribution in [0.15, 0.2) is 17.0 Å². The molecule has 19 heavy (non-hydrogen) atoms. The molecule has 1 atom stereocenters. The molecule has 1 aliphatic heterocycles. The molecule has 1 fully saturated rings. The van der Waals surface area contributed by atoms with E-state index < -0.39 is 6.04 Å². The van der Waals surface area contributed by atoms with Crippen LogP contribution in [0.2, 0.25) is 0 Å². The number of rotatable bonds is 2. The van der Waals surface area contributed by atoms with Gasteiger partial charge in [0.1, 0.15) is 16.3 Å². The summed E-state index contributed by atoms with van der Waals surface area (Å²) in [5.41, 5.74) is 0.235. The molecule has 102 valence electrons. The average molecular weight is 328 g/mol. The van der Waals surface area contributed by atoms with Crippen LogP contribution >= 0.6 is 15.9 Å². The van der Waals surface area contributed by atoms with Gasteiger partial charge in [-0.3, -0.25) is 4.79 Å². The summed E-state index contributed by atoms with van der Waals surface area (Å²) in [6.45, 7) is 0.538. The van der Waals surface area contributed by atoms with Gasteiger partial charge in [-0.1, -0.05) is 0 Å². The molecule has 2 rings (SSSR count). The van der Waals surface area contributed by atoms with Crippen LogP contribution in [0.5, 0.6) is 0 Å². The van der Waals surface area contributed by atoms with Gasteiger partial charge in [-0.05, 0) is 35.2 Å². The van der Waals surface area contributed by atoms with Crippen LogP contribution in [0.25, 0.3) is 0 Å². The number of piperidine rings is 1. The number of aromatic nitrogens is 2. The highest BCUT2D eigenvalue weighted by molar-refractivity contribution is 9.10. The average Bonchev–Trinajstić information content (AvgIpc) is 2.46. The van der Waals surface area contributed by atoms with Crippen molar-refractivity contribution in [3.8, 4) is 0 Å². The first-order chi connectivity index (χ1) is 9.13. The van der Waals surface area contributed by atoms with E-state index in [1.807, 2.05) is 0 Å². The van der Waals surface area contributed by atoms with Crippen LogP contribution in [-0.2, 0) is 9.53 Å². The van der Waals surface area contributed by atoms with E-state index in [4.69, 9.17) is 4.74 Å². The van der Waals surface area contributed by atoms with Gasteiger partial charge in [-0.25, -0.2) is 14.8 Å². The molecule has 1 saturated heterocycles. The number of esters is 1. The van der Waals surface area contributed by atoms with Crippen LogP contribution in [0, 0.1) is 0 Å². The fourth-order valence-electron chi connectivity index (χ4n) is 2.13. The van der Waals surface area contributed by atoms with E-state index in [1.54, 1.807) is 0 Å². The van der Waals surface area contributed by atoms with E-state index in [0.717, 1.165) is 12.8 Å². The first-order valence-electron chi connectivity index (χ1n) is 6.00. The number of methoxy groups -OCH3 is 1. The maximum Gasteiger partial charge on any atom is 0.328 e. The lowest BCUT2D eigenvalue weighted by molar-refractivity contribution is -0.147. The second-order valence-corrected chi connectivity index (χ2v) is 5.07. The minimum atomic E-state index is -0.517. The lowest BCUT2D eigenvalue weighted by Crippen LogP contribution is -2.48. The first kappa shape index (κ1) is 13.9. The van der Waals surface area contributed by atoms with E-state index in [9.17, 15) is 9.59 Å². The topological polar surface area (TPSA) is 72.4 Å². The minimum Gasteiger partial charge on any atom is -0.467 e. The standard InChI is InChI=1S/C12H14BrN3O3/c1-19-12(18)9-4-2-3-5-16(9)11(17)8-6-15-10(13)7-14-8/h6-7,9H,2-5H2,1H3. The third kappa shape index (κ3) is 3.09. The van der Waals surface area contributed by atoms with Crippen LogP contribution in [0.3, 0.4) is 0 Å². The molecule has 0 saturated carbocycles. The second kappa shape index (κ2) is 6.10. The van der Waals surface area contributed by atoms with E-state index >= 15 is 0 Å². The van der Waals surface area contributed by atoms with Gasteiger partial charge in [0.25, 0.3) is 5.91 Å². The Bertz CT molecular complexity index is 478. The zero-order valence-electron chi connectivity index (χ0n) is 10.5. The van der Waals surface area contributed by atoms with Gasteiger partial charge in [0.05, 0.1) is 19.5 Å². The zero-order chi connectivity index (χ0) is 13.8. The Morgan fingerprint density at radius 2 is 2.16 bits per heavy atom. The molecule has 1 amide bonds. The van der Waals surface area contributed by atoms with Crippen molar-refractivity contribution in [3.05, 3.63) is 22.7 Å². The summed E-state index contributed by atoms with van der Waals surface area (Å²) < 4.78 is 5.31. The highest BCUT2D eigenvalue weighted by Crippen LogP contribution is 2.20. The number of amides is 1. The molecule has 0 bridgehead atoms. The van der Waals surface area contributed by atoms with Crippen molar-refractivity contribution in [1.29, 1.82) is 0 Å². The summed E-state index contributed by atoms with van der Waals surface area (Å²) in [7, 11) is 1.33. The van der Waals surface area contributed by atoms with Gasteiger partial charge in [0.2, 0.25) is 0 Å². The molecule has 0 aliphatic carbocycles. The Labute approximate surface area is 119 Å². The fraction of sp³-hybridized carbons (Fsp3) is 0.500. The Hall–Kier alpha value is -1.50. The van der Waals surface area contributed by atoms with Crippen molar-refractivity contribution in [3.63, 3.8) is 0 Å². The number of hydrogen-bond donors (Lipinski definition) is 0. The Morgan fingerprint density at radius 3 is 2.79 bits per heavy atom. The third-order valence-electron chi connectivity index (χ3n) is 3.08. The molecule has 0 N–H and O–H groups in total. The smallest absolute Gasteiger partial charge is 0.328 e. The summed E-state index contributed by atoms with van der Waals surface area (Å²) in [6, 6.07) is -0.517. The number of carbonyl (C=O) groups excluding carboxylic acids is 2. The molecule has 0 spiro atoms. The summed E-state index contributed by atoms with van der Waals surface area (Å²) in [6.07, 6.45) is 5.28. The van der Waals surface area contributed by atoms with Crippen LogP contribution in [0.4, 0.5) is 0 Å². The minimum absolute atomic E-state index is 0.235. The zero-order valence-corrected chi connectivity index (χ0v) is 12.1. The van der Waals surface area contributed by atoms with Crippen molar-refractivity contribution in [2.45, 2.75) is 25.3 Å². The van der Waals surface area contributed by atoms with E-state index in [2.05, 4.69) is 25.9 Å². The summed E-state index contributed by atoms with van der Waals surface area (Å²) >= 11 is 3.16. The van der Waals surface area contributed by atoms with Crippen LogP contribution < -0.4 is 0 Å². The SMILES string of the molecule is COC(=O)C1CCCCN1C(=O)c1cnc(Br)cn1. The molecular formula is C12H14BrN3O3. The van der Waals surface area contributed by atoms with E-state index in [-0.39, 0.29) is 17.6 Å². The predicted octanol–water partition coefficient (Wildman–Crippen LogP) is 1.41. The third-order valence-corrected chi connectivity index (χ3v) is 3.49. The normalized spacial score (nSPS) is 19.1. The number of ether oxygens (including phenoxy) is 1. The van der Waals surface area contributed by atoms with Crippen LogP contribution in [-0.4, -0.2) is 46.4 Å². The van der Waals surface area contributed by atoms with E-state index in [1.165, 1.54) is 24.4 Å². The quantitative estimate of drug-likeness (QED) is 0.768. The molecule has 1 unspecified atom stereocenters. The van der Waals surface area contributed by atoms with Crippen LogP contribution in [0.1, 0.15) is 29.8 Å². The van der Waals surface area contributed by atoms with Crippen molar-refractivity contribution >= 4 is 27.8 Å². The van der Waals surface area contributed by atoms with Gasteiger partial charge in [0, 0.05) is 6.54 Å². The Balaban J connectivity index is 2.20. The molecule has 1 aromatic heterocycles. The summed E-state index contributed by atoms with van der Waals surface area (Å²) in [5.74, 6) is -0.659. The predicted molar refractivity (Wildman–Crippen MR) is 70.4 cm³/mol. The van der Waals surface area contributed by atoms with Crippen molar-refractivity contribution in [2.75, 3.05) is 13.7 Å². The maximum atomic E-state index is 12.3. The Kier molecular flexibility index (Phi) is 4.47. The summed E-state index contributed by atoms with van der Waals surface area (Å²) in [5, 5.41) is 0. The highest BCUT2D eigenvalue weighted by atomic mass is 79.9. The van der Waals surface area contributed by atoms with Crippen molar-refractivity contribution < 1.29 is 14.3 Å². The molecule has 7 heteroatoms. The van der Waals surface area contributed by atoms with Gasteiger partial charge >= 0.3 is 5.97 Å². The molecule has 0 aromatic carbocycles. The molecule has 1 aromatic rings. The van der Waals surface area contributed by atoms with Gasteiger partial charge < -0.3 is 9.64 Å². The Morgan fingerprint density at radius 1 is 1.37 bits per heavy atom. The van der Waals surface area contributed by atoms with Crippen molar-refractivity contribution in [1.82, 2.24) is 14.9 Å². The number of likely N-dealkylation sites (tertiary alicyclic amines) is 1. The first-order valence-corrected chi connectivity index (χ1v) is 6.79. The number of carbonyl (C=O) groups is 2. The number of halogens is 1. The lowest BCUT2D eigenvalue weighted by Gasteiger charge is -2.33. The van der Waals surface area contributed by atoms with E-state index in [0.29, 0.717) is 17.6 Å². The van der Waals surface area contributed by atoms with Gasteiger partial charge in [0.15, 0.2) is 0 Å². The molecular weight excluding hydrogens is 314 g/mol. The number of hydrogen-bond acceptors (Lipinski definition) is 5. The van der Waals surface area contributed by atoms with Gasteiger partial charge in [-0.15, -0.1) is 0 Å². The second-order valence-electron chi connectivity index (χ2n) is 4.26. The summed E-state index contributed by atoms with van der Waals surface area (Å²) in [4.78, 5) is 33.6. The highest BCUT2D eigenvalue weighted by Gasteiger charge is 2.33. The molecule has 2 heterocycles. The molecule has 0 radical (unpaired) electrons. The number of nitrogens with zero attached hydrogens (tertiary/aromatic N) is 3. The van der Waals surface area contributed by atoms with Crippen molar-refractivity contribution in [2.24, 2.45) is 0 Å².